The molecule has 0 radical (unpaired) electrons. The third-order valence-electron chi connectivity index (χ3n) is 4.48. The fourth-order valence-corrected chi connectivity index (χ4v) is 3.06. The lowest BCUT2D eigenvalue weighted by Gasteiger charge is -2.17. The summed E-state index contributed by atoms with van der Waals surface area (Å²) in [5.41, 5.74) is 4.94. The van der Waals surface area contributed by atoms with Crippen LogP contribution in [-0.4, -0.2) is 47.0 Å². The quantitative estimate of drug-likeness (QED) is 0.604. The lowest BCUT2D eigenvalue weighted by atomic mass is 9.94. The van der Waals surface area contributed by atoms with E-state index in [2.05, 4.69) is 10.1 Å². The molecule has 0 fully saturated rings. The summed E-state index contributed by atoms with van der Waals surface area (Å²) >= 11 is 0. The average molecular weight is 366 g/mol. The number of carbonyl (C=O) groups is 1. The molecular weight excluding hydrogens is 344 g/mol. The minimum absolute atomic E-state index is 0.319. The van der Waals surface area contributed by atoms with Crippen LogP contribution >= 0.6 is 0 Å². The second kappa shape index (κ2) is 6.57. The number of nitrogens with zero attached hydrogens (tertiary/aromatic N) is 4. The predicted octanol–water partition coefficient (Wildman–Crippen LogP) is 1.69. The third-order valence-corrected chi connectivity index (χ3v) is 6.05. The SMILES string of the molecule is Cc1c(C)c(C)c(OC(=O)c2ncn(S(=O)(=O)N(C)C)n2)c(C)c1C. The van der Waals surface area contributed by atoms with E-state index < -0.39 is 16.2 Å². The average Bonchev–Trinajstić information content (AvgIpc) is 3.05. The molecule has 0 amide bonds. The summed E-state index contributed by atoms with van der Waals surface area (Å²) in [6.45, 7) is 9.70. The van der Waals surface area contributed by atoms with Gasteiger partial charge in [-0.1, -0.05) is 0 Å². The third kappa shape index (κ3) is 3.29. The van der Waals surface area contributed by atoms with Crippen molar-refractivity contribution < 1.29 is 17.9 Å². The van der Waals surface area contributed by atoms with E-state index in [0.29, 0.717) is 9.84 Å². The van der Waals surface area contributed by atoms with Crippen LogP contribution in [0.15, 0.2) is 6.33 Å². The summed E-state index contributed by atoms with van der Waals surface area (Å²) in [5.74, 6) is -0.668. The molecule has 0 aliphatic carbocycles. The van der Waals surface area contributed by atoms with E-state index in [-0.39, 0.29) is 5.82 Å². The normalized spacial score (nSPS) is 11.8. The Labute approximate surface area is 147 Å². The van der Waals surface area contributed by atoms with Gasteiger partial charge < -0.3 is 4.74 Å². The molecule has 0 unspecified atom stereocenters. The fraction of sp³-hybridized carbons (Fsp3) is 0.438. The maximum Gasteiger partial charge on any atom is 0.383 e. The number of aromatic nitrogens is 3. The van der Waals surface area contributed by atoms with Gasteiger partial charge in [-0.2, -0.15) is 12.7 Å². The van der Waals surface area contributed by atoms with Crippen molar-refractivity contribution in [1.29, 1.82) is 0 Å². The lowest BCUT2D eigenvalue weighted by Crippen LogP contribution is -2.29. The van der Waals surface area contributed by atoms with Crippen LogP contribution in [0.2, 0.25) is 0 Å². The zero-order chi connectivity index (χ0) is 19.1. The van der Waals surface area contributed by atoms with Gasteiger partial charge in [-0.15, -0.1) is 9.19 Å². The van der Waals surface area contributed by atoms with Gasteiger partial charge in [0.2, 0.25) is 0 Å². The molecule has 8 nitrogen and oxygen atoms in total. The topological polar surface area (TPSA) is 94.4 Å². The predicted molar refractivity (Wildman–Crippen MR) is 93.1 cm³/mol. The molecule has 0 bridgehead atoms. The molecule has 1 aromatic heterocycles. The number of hydrogen-bond acceptors (Lipinski definition) is 6. The van der Waals surface area contributed by atoms with Gasteiger partial charge in [0.25, 0.3) is 5.82 Å². The van der Waals surface area contributed by atoms with Gasteiger partial charge in [-0.3, -0.25) is 0 Å². The Kier molecular flexibility index (Phi) is 5.01. The van der Waals surface area contributed by atoms with Crippen LogP contribution in [0.5, 0.6) is 5.75 Å². The number of carbonyl (C=O) groups excluding carboxylic acids is 1. The van der Waals surface area contributed by atoms with Gasteiger partial charge in [0.15, 0.2) is 0 Å². The maximum absolute atomic E-state index is 12.4. The Balaban J connectivity index is 2.38. The molecule has 136 valence electrons. The van der Waals surface area contributed by atoms with Crippen LogP contribution in [0.3, 0.4) is 0 Å². The number of ether oxygens (including phenoxy) is 1. The van der Waals surface area contributed by atoms with Crippen molar-refractivity contribution >= 4 is 16.2 Å². The minimum atomic E-state index is -3.83. The lowest BCUT2D eigenvalue weighted by molar-refractivity contribution is 0.0719. The minimum Gasteiger partial charge on any atom is -0.420 e. The molecule has 25 heavy (non-hydrogen) atoms. The van der Waals surface area contributed by atoms with E-state index >= 15 is 0 Å². The number of rotatable bonds is 4. The smallest absolute Gasteiger partial charge is 0.383 e. The van der Waals surface area contributed by atoms with Crippen molar-refractivity contribution in [2.24, 2.45) is 0 Å². The standard InChI is InChI=1S/C16H22N4O4S/c1-9-10(2)12(4)14(13(5)11(9)3)24-16(21)15-17-8-20(18-15)25(22,23)19(6)7/h8H,1-7H3. The second-order valence-corrected chi connectivity index (χ2v) is 8.07. The van der Waals surface area contributed by atoms with Crippen molar-refractivity contribution in [1.82, 2.24) is 18.5 Å². The maximum atomic E-state index is 12.4. The van der Waals surface area contributed by atoms with Crippen molar-refractivity contribution in [3.8, 4) is 5.75 Å². The fourth-order valence-electron chi connectivity index (χ4n) is 2.38. The van der Waals surface area contributed by atoms with Gasteiger partial charge in [0.1, 0.15) is 12.1 Å². The molecule has 0 saturated heterocycles. The van der Waals surface area contributed by atoms with Crippen molar-refractivity contribution in [3.05, 3.63) is 40.0 Å². The van der Waals surface area contributed by atoms with Crippen LogP contribution in [0.1, 0.15) is 38.4 Å². The first-order valence-corrected chi connectivity index (χ1v) is 9.02. The van der Waals surface area contributed by atoms with Gasteiger partial charge in [-0.25, -0.2) is 9.78 Å². The first kappa shape index (κ1) is 19.1. The first-order valence-electron chi connectivity index (χ1n) is 7.62. The highest BCUT2D eigenvalue weighted by Gasteiger charge is 2.23. The van der Waals surface area contributed by atoms with Gasteiger partial charge in [-0.05, 0) is 62.4 Å². The molecule has 0 atom stereocenters. The van der Waals surface area contributed by atoms with E-state index in [4.69, 9.17) is 4.74 Å². The van der Waals surface area contributed by atoms with E-state index in [1.165, 1.54) is 14.1 Å². The van der Waals surface area contributed by atoms with Crippen LogP contribution in [0.4, 0.5) is 0 Å². The van der Waals surface area contributed by atoms with Crippen molar-refractivity contribution in [3.63, 3.8) is 0 Å². The number of hydrogen-bond donors (Lipinski definition) is 0. The highest BCUT2D eigenvalue weighted by molar-refractivity contribution is 7.87. The molecule has 2 rings (SSSR count). The summed E-state index contributed by atoms with van der Waals surface area (Å²) in [6.07, 6.45) is 0.970. The van der Waals surface area contributed by atoms with Crippen LogP contribution in [-0.2, 0) is 10.2 Å². The van der Waals surface area contributed by atoms with E-state index in [1.807, 2.05) is 34.6 Å². The number of esters is 1. The van der Waals surface area contributed by atoms with Gasteiger partial charge in [0.05, 0.1) is 0 Å². The first-order chi connectivity index (χ1) is 11.5. The monoisotopic (exact) mass is 366 g/mol. The number of benzene rings is 1. The molecule has 9 heteroatoms. The van der Waals surface area contributed by atoms with E-state index in [0.717, 1.165) is 38.4 Å². The highest BCUT2D eigenvalue weighted by Crippen LogP contribution is 2.32. The summed E-state index contributed by atoms with van der Waals surface area (Å²) in [6, 6.07) is 0. The zero-order valence-corrected chi connectivity index (χ0v) is 16.2. The second-order valence-electron chi connectivity index (χ2n) is 6.07. The van der Waals surface area contributed by atoms with Crippen LogP contribution in [0, 0.1) is 34.6 Å². The molecular formula is C16H22N4O4S. The highest BCUT2D eigenvalue weighted by atomic mass is 32.2. The van der Waals surface area contributed by atoms with E-state index in [9.17, 15) is 13.2 Å². The summed E-state index contributed by atoms with van der Waals surface area (Å²) in [4.78, 5) is 16.1. The van der Waals surface area contributed by atoms with Gasteiger partial charge >= 0.3 is 16.2 Å². The molecule has 0 saturated carbocycles. The van der Waals surface area contributed by atoms with Crippen LogP contribution < -0.4 is 4.74 Å². The molecule has 2 aromatic rings. The van der Waals surface area contributed by atoms with Gasteiger partial charge in [0, 0.05) is 14.1 Å². The summed E-state index contributed by atoms with van der Waals surface area (Å²) < 4.78 is 31.1. The Morgan fingerprint density at radius 3 is 1.96 bits per heavy atom. The molecule has 1 heterocycles. The zero-order valence-electron chi connectivity index (χ0n) is 15.4. The van der Waals surface area contributed by atoms with Crippen molar-refractivity contribution in [2.45, 2.75) is 34.6 Å². The Bertz CT molecular complexity index is 916. The Morgan fingerprint density at radius 1 is 1.00 bits per heavy atom. The molecule has 0 N–H and O–H groups in total. The van der Waals surface area contributed by atoms with Crippen LogP contribution in [0.25, 0.3) is 0 Å². The largest absolute Gasteiger partial charge is 0.420 e. The molecule has 0 spiro atoms. The van der Waals surface area contributed by atoms with E-state index in [1.54, 1.807) is 0 Å². The Hall–Kier alpha value is -2.26. The van der Waals surface area contributed by atoms with Crippen molar-refractivity contribution in [2.75, 3.05) is 14.1 Å². The molecule has 0 aliphatic rings. The Morgan fingerprint density at radius 2 is 1.48 bits per heavy atom. The summed E-state index contributed by atoms with van der Waals surface area (Å²) in [7, 11) is -1.11. The molecule has 0 aliphatic heterocycles. The summed E-state index contributed by atoms with van der Waals surface area (Å²) in [5, 5.41) is 3.72. The molecule has 1 aromatic carbocycles.